The number of hydrogen-bond donors (Lipinski definition) is 3. The second-order valence-corrected chi connectivity index (χ2v) is 7.24. The molecule has 2 aromatic rings. The lowest BCUT2D eigenvalue weighted by atomic mass is 9.92. The summed E-state index contributed by atoms with van der Waals surface area (Å²) in [7, 11) is 0. The Morgan fingerprint density at radius 3 is 2.88 bits per heavy atom. The number of carbonyl (C=O) groups is 2. The fraction of sp³-hybridized carbons (Fsp3) is 0.500. The molecule has 6 nitrogen and oxygen atoms in total. The van der Waals surface area contributed by atoms with Crippen molar-refractivity contribution in [1.29, 1.82) is 0 Å². The predicted molar refractivity (Wildman–Crippen MR) is 101 cm³/mol. The number of fused-ring (bicyclic) bond motifs is 1. The third-order valence-corrected chi connectivity index (χ3v) is 5.23. The van der Waals surface area contributed by atoms with Crippen LogP contribution in [0.5, 0.6) is 0 Å². The number of likely N-dealkylation sites (tertiary alicyclic amines) is 1. The van der Waals surface area contributed by atoms with Crippen molar-refractivity contribution in [2.45, 2.75) is 45.3 Å². The third-order valence-electron chi connectivity index (χ3n) is 5.23. The second kappa shape index (κ2) is 7.91. The molecule has 1 aliphatic rings. The van der Waals surface area contributed by atoms with Gasteiger partial charge in [-0.3, -0.25) is 9.59 Å². The summed E-state index contributed by atoms with van der Waals surface area (Å²) in [6.07, 6.45) is 3.72. The van der Waals surface area contributed by atoms with E-state index in [1.807, 2.05) is 30.5 Å². The van der Waals surface area contributed by atoms with Gasteiger partial charge in [-0.25, -0.2) is 0 Å². The highest BCUT2D eigenvalue weighted by Crippen LogP contribution is 2.23. The van der Waals surface area contributed by atoms with Gasteiger partial charge in [0, 0.05) is 49.5 Å². The number of benzene rings is 1. The van der Waals surface area contributed by atoms with Crippen LogP contribution in [-0.2, 0) is 16.0 Å². The van der Waals surface area contributed by atoms with Crippen LogP contribution in [0, 0.1) is 5.92 Å². The normalized spacial score (nSPS) is 20.0. The average Bonchev–Trinajstić information content (AvgIpc) is 3.03. The monoisotopic (exact) mass is 357 g/mol. The molecule has 6 heteroatoms. The Hall–Kier alpha value is -2.34. The first kappa shape index (κ1) is 18.5. The molecule has 140 valence electrons. The van der Waals surface area contributed by atoms with Crippen molar-refractivity contribution in [2.75, 3.05) is 13.1 Å². The number of hydrogen-bond acceptors (Lipinski definition) is 3. The molecule has 1 saturated heterocycles. The summed E-state index contributed by atoms with van der Waals surface area (Å²) in [6, 6.07) is 7.34. The van der Waals surface area contributed by atoms with Crippen LogP contribution in [0.3, 0.4) is 0 Å². The summed E-state index contributed by atoms with van der Waals surface area (Å²) in [5.41, 5.74) is 2.03. The maximum atomic E-state index is 13.1. The summed E-state index contributed by atoms with van der Waals surface area (Å²) >= 11 is 0. The van der Waals surface area contributed by atoms with E-state index < -0.39 is 12.1 Å². The fourth-order valence-electron chi connectivity index (χ4n) is 3.79. The van der Waals surface area contributed by atoms with E-state index in [4.69, 9.17) is 0 Å². The standard InChI is InChI=1S/C20H27N3O3/c1-13(24)15-6-5-9-23(12-15)20(26)19(22-14(2)25)10-16-11-21-18-8-4-3-7-17(16)18/h3-4,7-8,11,13,15,19,21,24H,5-6,9-10,12H2,1-2H3,(H,22,25). The van der Waals surface area contributed by atoms with Crippen LogP contribution in [-0.4, -0.2) is 52.0 Å². The van der Waals surface area contributed by atoms with E-state index in [0.29, 0.717) is 19.5 Å². The molecule has 0 saturated carbocycles. The van der Waals surface area contributed by atoms with Crippen LogP contribution in [0.2, 0.25) is 0 Å². The molecule has 1 aromatic heterocycles. The first-order valence-electron chi connectivity index (χ1n) is 9.24. The third kappa shape index (κ3) is 4.07. The average molecular weight is 357 g/mol. The zero-order chi connectivity index (χ0) is 18.7. The Bertz CT molecular complexity index is 783. The first-order chi connectivity index (χ1) is 12.5. The number of nitrogens with one attached hydrogen (secondary N) is 2. The SMILES string of the molecule is CC(=O)NC(Cc1c[nH]c2ccccc12)C(=O)N1CCCC(C(C)O)C1. The lowest BCUT2D eigenvalue weighted by Crippen LogP contribution is -2.52. The van der Waals surface area contributed by atoms with Crippen LogP contribution in [0.25, 0.3) is 10.9 Å². The van der Waals surface area contributed by atoms with E-state index in [1.54, 1.807) is 11.8 Å². The summed E-state index contributed by atoms with van der Waals surface area (Å²) in [4.78, 5) is 29.8. The number of rotatable bonds is 5. The predicted octanol–water partition coefficient (Wildman–Crippen LogP) is 1.83. The van der Waals surface area contributed by atoms with Crippen LogP contribution in [0.4, 0.5) is 0 Å². The second-order valence-electron chi connectivity index (χ2n) is 7.24. The number of nitrogens with zero attached hydrogens (tertiary/aromatic N) is 1. The van der Waals surface area contributed by atoms with Gasteiger partial charge in [0.15, 0.2) is 0 Å². The number of piperidine rings is 1. The molecule has 3 atom stereocenters. The largest absolute Gasteiger partial charge is 0.393 e. The molecule has 0 aliphatic carbocycles. The van der Waals surface area contributed by atoms with E-state index >= 15 is 0 Å². The molecule has 2 amide bonds. The highest BCUT2D eigenvalue weighted by Gasteiger charge is 2.31. The van der Waals surface area contributed by atoms with E-state index in [-0.39, 0.29) is 17.7 Å². The van der Waals surface area contributed by atoms with Crippen LogP contribution < -0.4 is 5.32 Å². The fourth-order valence-corrected chi connectivity index (χ4v) is 3.79. The summed E-state index contributed by atoms with van der Waals surface area (Å²) in [5.74, 6) is -0.193. The van der Waals surface area contributed by atoms with Gasteiger partial charge in [-0.2, -0.15) is 0 Å². The number of amides is 2. The van der Waals surface area contributed by atoms with Crippen LogP contribution in [0.15, 0.2) is 30.5 Å². The Labute approximate surface area is 153 Å². The van der Waals surface area contributed by atoms with Crippen molar-refractivity contribution in [3.8, 4) is 0 Å². The topological polar surface area (TPSA) is 85.4 Å². The van der Waals surface area contributed by atoms with E-state index in [9.17, 15) is 14.7 Å². The van der Waals surface area contributed by atoms with Gasteiger partial charge in [-0.15, -0.1) is 0 Å². The Balaban J connectivity index is 1.79. The minimum Gasteiger partial charge on any atom is -0.393 e. The maximum absolute atomic E-state index is 13.1. The Morgan fingerprint density at radius 2 is 2.15 bits per heavy atom. The maximum Gasteiger partial charge on any atom is 0.245 e. The zero-order valence-electron chi connectivity index (χ0n) is 15.4. The van der Waals surface area contributed by atoms with Crippen LogP contribution in [0.1, 0.15) is 32.3 Å². The van der Waals surface area contributed by atoms with Crippen molar-refractivity contribution in [1.82, 2.24) is 15.2 Å². The summed E-state index contributed by atoms with van der Waals surface area (Å²) in [5, 5.41) is 13.8. The molecule has 3 rings (SSSR count). The van der Waals surface area contributed by atoms with E-state index in [2.05, 4.69) is 10.3 Å². The molecular formula is C20H27N3O3. The lowest BCUT2D eigenvalue weighted by Gasteiger charge is -2.36. The molecule has 1 fully saturated rings. The van der Waals surface area contributed by atoms with Gasteiger partial charge in [0.25, 0.3) is 0 Å². The Kier molecular flexibility index (Phi) is 5.61. The molecule has 1 aromatic carbocycles. The molecule has 2 heterocycles. The number of carbonyl (C=O) groups excluding carboxylic acids is 2. The highest BCUT2D eigenvalue weighted by molar-refractivity contribution is 5.89. The van der Waals surface area contributed by atoms with Crippen LogP contribution >= 0.6 is 0 Å². The number of aromatic amines is 1. The van der Waals surface area contributed by atoms with Gasteiger partial charge < -0.3 is 20.3 Å². The molecule has 1 aliphatic heterocycles. The van der Waals surface area contributed by atoms with Gasteiger partial charge in [0.2, 0.25) is 11.8 Å². The molecule has 0 radical (unpaired) electrons. The van der Waals surface area contributed by atoms with Crippen molar-refractivity contribution in [3.63, 3.8) is 0 Å². The van der Waals surface area contributed by atoms with Gasteiger partial charge >= 0.3 is 0 Å². The highest BCUT2D eigenvalue weighted by atomic mass is 16.3. The minimum absolute atomic E-state index is 0.0733. The first-order valence-corrected chi connectivity index (χ1v) is 9.24. The van der Waals surface area contributed by atoms with Crippen molar-refractivity contribution >= 4 is 22.7 Å². The molecule has 3 unspecified atom stereocenters. The molecule has 0 bridgehead atoms. The Morgan fingerprint density at radius 1 is 1.38 bits per heavy atom. The quantitative estimate of drug-likeness (QED) is 0.763. The molecule has 3 N–H and O–H groups in total. The van der Waals surface area contributed by atoms with E-state index in [0.717, 1.165) is 29.3 Å². The number of aromatic nitrogens is 1. The number of para-hydroxylation sites is 1. The smallest absolute Gasteiger partial charge is 0.245 e. The summed E-state index contributed by atoms with van der Waals surface area (Å²) < 4.78 is 0. The van der Waals surface area contributed by atoms with E-state index in [1.165, 1.54) is 6.92 Å². The minimum atomic E-state index is -0.598. The van der Waals surface area contributed by atoms with Gasteiger partial charge in [0.1, 0.15) is 6.04 Å². The number of aliphatic hydroxyl groups excluding tert-OH is 1. The lowest BCUT2D eigenvalue weighted by molar-refractivity contribution is -0.138. The molecular weight excluding hydrogens is 330 g/mol. The summed E-state index contributed by atoms with van der Waals surface area (Å²) in [6.45, 7) is 4.42. The van der Waals surface area contributed by atoms with Crippen molar-refractivity contribution in [3.05, 3.63) is 36.0 Å². The zero-order valence-corrected chi connectivity index (χ0v) is 15.4. The number of aliphatic hydroxyl groups is 1. The van der Waals surface area contributed by atoms with Crippen molar-refractivity contribution < 1.29 is 14.7 Å². The number of H-pyrrole nitrogens is 1. The van der Waals surface area contributed by atoms with Gasteiger partial charge in [0.05, 0.1) is 6.10 Å². The van der Waals surface area contributed by atoms with Gasteiger partial charge in [-0.1, -0.05) is 18.2 Å². The van der Waals surface area contributed by atoms with Crippen molar-refractivity contribution in [2.24, 2.45) is 5.92 Å². The molecule has 0 spiro atoms. The molecule has 26 heavy (non-hydrogen) atoms. The van der Waals surface area contributed by atoms with Gasteiger partial charge in [-0.05, 0) is 31.4 Å².